The van der Waals surface area contributed by atoms with Crippen molar-refractivity contribution < 1.29 is 23.9 Å². The monoisotopic (exact) mass is 382 g/mol. The number of halogens is 1. The fraction of sp³-hybridized carbons (Fsp3) is 0.500. The third-order valence-electron chi connectivity index (χ3n) is 4.01. The zero-order valence-corrected chi connectivity index (χ0v) is 15.5. The first-order valence-electron chi connectivity index (χ1n) is 8.62. The molecule has 0 spiro atoms. The van der Waals surface area contributed by atoms with Gasteiger partial charge >= 0.3 is 6.16 Å². The van der Waals surface area contributed by atoms with Gasteiger partial charge in [0.25, 0.3) is 5.91 Å². The number of rotatable bonds is 6. The number of benzene rings is 1. The van der Waals surface area contributed by atoms with E-state index in [0.717, 1.165) is 0 Å². The largest absolute Gasteiger partial charge is 0.513 e. The molecule has 2 amide bonds. The van der Waals surface area contributed by atoms with E-state index < -0.39 is 6.16 Å². The number of carbonyl (C=O) groups is 3. The number of hydrogen-bond donors (Lipinski definition) is 0. The van der Waals surface area contributed by atoms with Gasteiger partial charge in [0.1, 0.15) is 5.75 Å². The highest BCUT2D eigenvalue weighted by molar-refractivity contribution is 6.17. The van der Waals surface area contributed by atoms with Gasteiger partial charge in [0, 0.05) is 44.0 Å². The van der Waals surface area contributed by atoms with Gasteiger partial charge in [-0.15, -0.1) is 11.6 Å². The van der Waals surface area contributed by atoms with Crippen molar-refractivity contribution in [2.24, 2.45) is 0 Å². The van der Waals surface area contributed by atoms with Gasteiger partial charge in [-0.2, -0.15) is 0 Å². The van der Waals surface area contributed by atoms with Crippen LogP contribution in [0, 0.1) is 0 Å². The molecule has 0 N–H and O–H groups in total. The molecule has 7 nitrogen and oxygen atoms in total. The third-order valence-corrected chi connectivity index (χ3v) is 4.28. The van der Waals surface area contributed by atoms with E-state index in [4.69, 9.17) is 21.1 Å². The minimum atomic E-state index is -0.776. The lowest BCUT2D eigenvalue weighted by Gasteiger charge is -2.35. The van der Waals surface area contributed by atoms with Crippen molar-refractivity contribution in [3.63, 3.8) is 0 Å². The topological polar surface area (TPSA) is 76.2 Å². The van der Waals surface area contributed by atoms with Crippen LogP contribution in [0.5, 0.6) is 5.75 Å². The average molecular weight is 383 g/mol. The fourth-order valence-electron chi connectivity index (χ4n) is 2.63. The van der Waals surface area contributed by atoms with Crippen molar-refractivity contribution in [2.75, 3.05) is 38.7 Å². The minimum Gasteiger partial charge on any atom is -0.434 e. The Morgan fingerprint density at radius 2 is 1.65 bits per heavy atom. The molecule has 0 bridgehead atoms. The molecule has 2 rings (SSSR count). The first kappa shape index (κ1) is 20.0. The first-order valence-corrected chi connectivity index (χ1v) is 9.16. The van der Waals surface area contributed by atoms with Crippen LogP contribution in [0.4, 0.5) is 4.79 Å². The molecule has 1 saturated heterocycles. The lowest BCUT2D eigenvalue weighted by atomic mass is 10.1. The maximum absolute atomic E-state index is 12.6. The Labute approximate surface area is 157 Å². The number of ether oxygens (including phenoxy) is 2. The predicted molar refractivity (Wildman–Crippen MR) is 96.5 cm³/mol. The van der Waals surface area contributed by atoms with Crippen LogP contribution in [0.1, 0.15) is 30.1 Å². The fourth-order valence-corrected chi connectivity index (χ4v) is 2.76. The van der Waals surface area contributed by atoms with Crippen LogP contribution in [-0.4, -0.2) is 66.4 Å². The number of carbonyl (C=O) groups excluding carboxylic acids is 3. The van der Waals surface area contributed by atoms with Crippen LogP contribution in [0.15, 0.2) is 24.3 Å². The van der Waals surface area contributed by atoms with E-state index in [2.05, 4.69) is 0 Å². The van der Waals surface area contributed by atoms with Crippen molar-refractivity contribution in [2.45, 2.75) is 19.8 Å². The SMILES string of the molecule is CCOC(=O)Oc1ccc(C(=O)N2CCN(C(=O)CCCCl)CC2)cc1. The molecule has 1 aromatic rings. The van der Waals surface area contributed by atoms with Crippen LogP contribution < -0.4 is 4.74 Å². The van der Waals surface area contributed by atoms with E-state index in [0.29, 0.717) is 56.2 Å². The Balaban J connectivity index is 1.86. The Kier molecular flexibility index (Phi) is 7.72. The van der Waals surface area contributed by atoms with Gasteiger partial charge in [-0.1, -0.05) is 0 Å². The number of alkyl halides is 1. The van der Waals surface area contributed by atoms with E-state index in [1.165, 1.54) is 0 Å². The molecule has 0 saturated carbocycles. The summed E-state index contributed by atoms with van der Waals surface area (Å²) in [6.45, 7) is 3.96. The molecule has 0 radical (unpaired) electrons. The van der Waals surface area contributed by atoms with Crippen LogP contribution in [-0.2, 0) is 9.53 Å². The standard InChI is InChI=1S/C18H23ClN2O5/c1-2-25-18(24)26-15-7-5-14(6-8-15)17(23)21-12-10-20(11-13-21)16(22)4-3-9-19/h5-8H,2-4,9-13H2,1H3. The predicted octanol–water partition coefficient (Wildman–Crippen LogP) is 2.53. The molecule has 8 heteroatoms. The van der Waals surface area contributed by atoms with Crippen molar-refractivity contribution in [1.82, 2.24) is 9.80 Å². The van der Waals surface area contributed by atoms with E-state index in [-0.39, 0.29) is 18.4 Å². The summed E-state index contributed by atoms with van der Waals surface area (Å²) in [5.74, 6) is 0.758. The molecular formula is C18H23ClN2O5. The molecule has 142 valence electrons. The van der Waals surface area contributed by atoms with Crippen LogP contribution >= 0.6 is 11.6 Å². The van der Waals surface area contributed by atoms with Gasteiger partial charge in [-0.05, 0) is 37.6 Å². The molecule has 1 aliphatic rings. The number of nitrogens with zero attached hydrogens (tertiary/aromatic N) is 2. The normalized spacial score (nSPS) is 14.1. The molecule has 1 aliphatic heterocycles. The van der Waals surface area contributed by atoms with Gasteiger partial charge in [-0.25, -0.2) is 4.79 Å². The molecular weight excluding hydrogens is 360 g/mol. The van der Waals surface area contributed by atoms with Crippen LogP contribution in [0.3, 0.4) is 0 Å². The highest BCUT2D eigenvalue weighted by Crippen LogP contribution is 2.16. The smallest absolute Gasteiger partial charge is 0.434 e. The Morgan fingerprint density at radius 1 is 1.04 bits per heavy atom. The summed E-state index contributed by atoms with van der Waals surface area (Å²) in [6.07, 6.45) is 0.334. The number of hydrogen-bond acceptors (Lipinski definition) is 5. The highest BCUT2D eigenvalue weighted by Gasteiger charge is 2.24. The average Bonchev–Trinajstić information content (AvgIpc) is 2.66. The molecule has 0 atom stereocenters. The summed E-state index contributed by atoms with van der Waals surface area (Å²) in [4.78, 5) is 39.3. The Hall–Kier alpha value is -2.28. The Morgan fingerprint density at radius 3 is 2.23 bits per heavy atom. The summed E-state index contributed by atoms with van der Waals surface area (Å²) in [5.41, 5.74) is 0.503. The van der Waals surface area contributed by atoms with Gasteiger partial charge in [-0.3, -0.25) is 9.59 Å². The van der Waals surface area contributed by atoms with Crippen molar-refractivity contribution in [3.8, 4) is 5.75 Å². The number of piperazine rings is 1. The van der Waals surface area contributed by atoms with Gasteiger partial charge < -0.3 is 19.3 Å². The first-order chi connectivity index (χ1) is 12.5. The van der Waals surface area contributed by atoms with E-state index in [9.17, 15) is 14.4 Å². The summed E-state index contributed by atoms with van der Waals surface area (Å²) in [7, 11) is 0. The van der Waals surface area contributed by atoms with Crippen molar-refractivity contribution in [3.05, 3.63) is 29.8 Å². The zero-order valence-electron chi connectivity index (χ0n) is 14.8. The van der Waals surface area contributed by atoms with E-state index >= 15 is 0 Å². The second kappa shape index (κ2) is 10.0. The van der Waals surface area contributed by atoms with Gasteiger partial charge in [0.2, 0.25) is 5.91 Å². The summed E-state index contributed by atoms with van der Waals surface area (Å²) in [6, 6.07) is 6.32. The summed E-state index contributed by atoms with van der Waals surface area (Å²) < 4.78 is 9.66. The molecule has 1 heterocycles. The lowest BCUT2D eigenvalue weighted by Crippen LogP contribution is -2.50. The van der Waals surface area contributed by atoms with Crippen molar-refractivity contribution >= 4 is 29.6 Å². The van der Waals surface area contributed by atoms with Gasteiger partial charge in [0.15, 0.2) is 0 Å². The maximum Gasteiger partial charge on any atom is 0.513 e. The third kappa shape index (κ3) is 5.62. The zero-order chi connectivity index (χ0) is 18.9. The van der Waals surface area contributed by atoms with Crippen LogP contribution in [0.25, 0.3) is 0 Å². The van der Waals surface area contributed by atoms with Crippen molar-refractivity contribution in [1.29, 1.82) is 0 Å². The molecule has 1 fully saturated rings. The molecule has 1 aromatic carbocycles. The summed E-state index contributed by atoms with van der Waals surface area (Å²) in [5, 5.41) is 0. The van der Waals surface area contributed by atoms with Crippen LogP contribution in [0.2, 0.25) is 0 Å². The van der Waals surface area contributed by atoms with Gasteiger partial charge in [0.05, 0.1) is 6.61 Å². The summed E-state index contributed by atoms with van der Waals surface area (Å²) >= 11 is 5.61. The number of amides is 2. The maximum atomic E-state index is 12.6. The van der Waals surface area contributed by atoms with E-state index in [1.807, 2.05) is 0 Å². The second-order valence-corrected chi connectivity index (χ2v) is 6.15. The quantitative estimate of drug-likeness (QED) is 0.429. The molecule has 0 unspecified atom stereocenters. The highest BCUT2D eigenvalue weighted by atomic mass is 35.5. The molecule has 0 aromatic heterocycles. The Bertz CT molecular complexity index is 627. The second-order valence-electron chi connectivity index (χ2n) is 5.77. The van der Waals surface area contributed by atoms with E-state index in [1.54, 1.807) is 41.0 Å². The minimum absolute atomic E-state index is 0.0817. The lowest BCUT2D eigenvalue weighted by molar-refractivity contribution is -0.132. The molecule has 0 aliphatic carbocycles. The molecule has 26 heavy (non-hydrogen) atoms.